The number of rotatable bonds is 7. The number of hydrogen-bond donors (Lipinski definition) is 1. The molecule has 0 atom stereocenters. The Balaban J connectivity index is 2.05. The summed E-state index contributed by atoms with van der Waals surface area (Å²) in [7, 11) is 2.37. The fourth-order valence-corrected chi connectivity index (χ4v) is 3.10. The molecule has 1 N–H and O–H groups in total. The summed E-state index contributed by atoms with van der Waals surface area (Å²) in [5.41, 5.74) is 1.53. The fourth-order valence-electron chi connectivity index (χ4n) is 3.10. The second-order valence-corrected chi connectivity index (χ2v) is 6.97. The largest absolute Gasteiger partial charge is 0.465 e. The predicted octanol–water partition coefficient (Wildman–Crippen LogP) is 4.11. The molecule has 0 aliphatic heterocycles. The van der Waals surface area contributed by atoms with Crippen LogP contribution in [0.4, 0.5) is 17.2 Å². The van der Waals surface area contributed by atoms with Crippen LogP contribution in [0.25, 0.3) is 0 Å². The Morgan fingerprint density at radius 1 is 0.909 bits per heavy atom. The molecule has 0 spiro atoms. The van der Waals surface area contributed by atoms with E-state index >= 15 is 0 Å². The van der Waals surface area contributed by atoms with Crippen LogP contribution in [0.1, 0.15) is 31.8 Å². The van der Waals surface area contributed by atoms with Crippen molar-refractivity contribution in [2.75, 3.05) is 19.5 Å². The summed E-state index contributed by atoms with van der Waals surface area (Å²) in [6, 6.07) is 9.36. The Morgan fingerprint density at radius 3 is 2.00 bits per heavy atom. The van der Waals surface area contributed by atoms with Gasteiger partial charge in [-0.3, -0.25) is 10.1 Å². The summed E-state index contributed by atoms with van der Waals surface area (Å²) in [5, 5.41) is 14.6. The molecule has 0 saturated carbocycles. The topological polar surface area (TPSA) is 143 Å². The highest BCUT2D eigenvalue weighted by Gasteiger charge is 2.26. The van der Waals surface area contributed by atoms with Gasteiger partial charge in [0.05, 0.1) is 30.3 Å². The highest BCUT2D eigenvalue weighted by Crippen LogP contribution is 2.36. The van der Waals surface area contributed by atoms with Crippen molar-refractivity contribution in [2.24, 2.45) is 0 Å². The first-order valence-electron chi connectivity index (χ1n) is 9.56. The van der Waals surface area contributed by atoms with E-state index in [1.54, 1.807) is 12.1 Å². The van der Waals surface area contributed by atoms with Crippen molar-refractivity contribution in [3.05, 3.63) is 75.1 Å². The quantitative estimate of drug-likeness (QED) is 0.316. The molecule has 0 bridgehead atoms. The van der Waals surface area contributed by atoms with Crippen LogP contribution in [0.5, 0.6) is 11.6 Å². The van der Waals surface area contributed by atoms with Gasteiger partial charge in [-0.25, -0.2) is 14.6 Å². The molecule has 1 heterocycles. The lowest BCUT2D eigenvalue weighted by atomic mass is 10.1. The van der Waals surface area contributed by atoms with Crippen LogP contribution in [-0.2, 0) is 9.47 Å². The normalized spacial score (nSPS) is 10.3. The number of carbonyl (C=O) groups excluding carboxylic acids is 2. The van der Waals surface area contributed by atoms with Crippen LogP contribution in [0.15, 0.2) is 42.7 Å². The zero-order chi connectivity index (χ0) is 24.1. The molecule has 1 aromatic heterocycles. The number of nitrogens with zero attached hydrogens (tertiary/aromatic N) is 3. The summed E-state index contributed by atoms with van der Waals surface area (Å²) in [5.74, 6) is -1.52. The van der Waals surface area contributed by atoms with Gasteiger partial charge in [0.15, 0.2) is 0 Å². The number of methoxy groups -OCH3 is 2. The Morgan fingerprint density at radius 2 is 1.48 bits per heavy atom. The van der Waals surface area contributed by atoms with Crippen LogP contribution in [0.3, 0.4) is 0 Å². The van der Waals surface area contributed by atoms with Crippen LogP contribution < -0.4 is 10.1 Å². The highest BCUT2D eigenvalue weighted by molar-refractivity contribution is 5.97. The number of aromatic nitrogens is 2. The minimum Gasteiger partial charge on any atom is -0.465 e. The summed E-state index contributed by atoms with van der Waals surface area (Å²) < 4.78 is 15.1. The van der Waals surface area contributed by atoms with Crippen LogP contribution in [-0.4, -0.2) is 41.0 Å². The first-order chi connectivity index (χ1) is 15.7. The van der Waals surface area contributed by atoms with E-state index in [2.05, 4.69) is 15.3 Å². The third-order valence-corrected chi connectivity index (χ3v) is 4.42. The third-order valence-electron chi connectivity index (χ3n) is 4.42. The molecule has 0 saturated heterocycles. The predicted molar refractivity (Wildman–Crippen MR) is 117 cm³/mol. The molecular weight excluding hydrogens is 432 g/mol. The number of nitro groups is 1. The second-order valence-electron chi connectivity index (χ2n) is 6.97. The number of carbonyl (C=O) groups is 2. The van der Waals surface area contributed by atoms with E-state index in [0.717, 1.165) is 17.5 Å². The number of nitrogens with one attached hydrogen (secondary N) is 1. The minimum absolute atomic E-state index is 0.0336. The van der Waals surface area contributed by atoms with Crippen molar-refractivity contribution in [3.63, 3.8) is 0 Å². The molecule has 0 amide bonds. The van der Waals surface area contributed by atoms with Crippen molar-refractivity contribution in [2.45, 2.75) is 13.8 Å². The average molecular weight is 452 g/mol. The molecule has 0 unspecified atom stereocenters. The number of esters is 2. The maximum atomic E-state index is 12.0. The number of benzene rings is 2. The van der Waals surface area contributed by atoms with E-state index in [9.17, 15) is 19.7 Å². The number of ether oxygens (including phenoxy) is 3. The molecule has 3 rings (SSSR count). The van der Waals surface area contributed by atoms with Crippen molar-refractivity contribution < 1.29 is 28.7 Å². The Kier molecular flexibility index (Phi) is 6.82. The minimum atomic E-state index is -0.708. The van der Waals surface area contributed by atoms with Crippen molar-refractivity contribution >= 4 is 29.1 Å². The summed E-state index contributed by atoms with van der Waals surface area (Å²) in [6.07, 6.45) is 1.10. The lowest BCUT2D eigenvalue weighted by Crippen LogP contribution is -2.09. The zero-order valence-electron chi connectivity index (χ0n) is 18.2. The first kappa shape index (κ1) is 23.1. The van der Waals surface area contributed by atoms with E-state index in [4.69, 9.17) is 14.2 Å². The summed E-state index contributed by atoms with van der Waals surface area (Å²) >= 11 is 0. The maximum Gasteiger partial charge on any atom is 0.373 e. The molecule has 3 aromatic rings. The summed E-state index contributed by atoms with van der Waals surface area (Å²) in [4.78, 5) is 43.1. The van der Waals surface area contributed by atoms with E-state index in [1.165, 1.54) is 32.4 Å². The van der Waals surface area contributed by atoms with Gasteiger partial charge >= 0.3 is 23.5 Å². The van der Waals surface area contributed by atoms with Gasteiger partial charge in [-0.1, -0.05) is 6.07 Å². The second kappa shape index (κ2) is 9.73. The number of hydrogen-bond acceptors (Lipinski definition) is 10. The Labute approximate surface area is 188 Å². The maximum absolute atomic E-state index is 12.0. The van der Waals surface area contributed by atoms with E-state index < -0.39 is 22.5 Å². The van der Waals surface area contributed by atoms with Crippen molar-refractivity contribution in [1.82, 2.24) is 9.97 Å². The Hall–Kier alpha value is -4.54. The monoisotopic (exact) mass is 452 g/mol. The van der Waals surface area contributed by atoms with E-state index in [-0.39, 0.29) is 28.5 Å². The van der Waals surface area contributed by atoms with Gasteiger partial charge in [0.25, 0.3) is 0 Å². The zero-order valence-corrected chi connectivity index (χ0v) is 18.2. The van der Waals surface area contributed by atoms with Crippen LogP contribution >= 0.6 is 0 Å². The molecule has 11 heteroatoms. The van der Waals surface area contributed by atoms with Gasteiger partial charge < -0.3 is 19.5 Å². The van der Waals surface area contributed by atoms with Gasteiger partial charge in [0.2, 0.25) is 5.82 Å². The molecule has 170 valence electrons. The molecule has 11 nitrogen and oxygen atoms in total. The highest BCUT2D eigenvalue weighted by atomic mass is 16.6. The van der Waals surface area contributed by atoms with Crippen LogP contribution in [0.2, 0.25) is 0 Å². The molecule has 0 radical (unpaired) electrons. The molecule has 0 fully saturated rings. The first-order valence-corrected chi connectivity index (χ1v) is 9.56. The molecule has 0 aliphatic carbocycles. The number of anilines is 2. The van der Waals surface area contributed by atoms with Crippen LogP contribution in [0, 0.1) is 24.0 Å². The van der Waals surface area contributed by atoms with Crippen molar-refractivity contribution in [3.8, 4) is 11.6 Å². The van der Waals surface area contributed by atoms with Gasteiger partial charge in [0.1, 0.15) is 12.1 Å². The molecule has 2 aromatic carbocycles. The SMILES string of the molecule is COC(=O)c1cc(Nc2ncnc(Oc3cc(C)cc(C)c3)c2[N+](=O)[O-])cc(C(=O)OC)c1. The molecule has 33 heavy (non-hydrogen) atoms. The Bertz CT molecular complexity index is 1190. The standard InChI is InChI=1S/C22H20N4O7/c1-12-5-13(2)7-17(6-12)33-20-18(26(29)30)19(23-11-24-20)25-16-9-14(21(27)31-3)8-15(10-16)22(28)32-4/h5-11H,1-4H3,(H,23,24,25). The molecular formula is C22H20N4O7. The smallest absolute Gasteiger partial charge is 0.373 e. The van der Waals surface area contributed by atoms with Gasteiger partial charge in [-0.15, -0.1) is 0 Å². The molecule has 0 aliphatic rings. The van der Waals surface area contributed by atoms with E-state index in [0.29, 0.717) is 5.75 Å². The van der Waals surface area contributed by atoms with Gasteiger partial charge in [-0.2, -0.15) is 4.98 Å². The van der Waals surface area contributed by atoms with E-state index in [1.807, 2.05) is 19.9 Å². The fraction of sp³-hybridized carbons (Fsp3) is 0.182. The van der Waals surface area contributed by atoms with Crippen molar-refractivity contribution in [1.29, 1.82) is 0 Å². The average Bonchev–Trinajstić information content (AvgIpc) is 2.77. The number of aryl methyl sites for hydroxylation is 2. The van der Waals surface area contributed by atoms with Gasteiger partial charge in [-0.05, 0) is 55.3 Å². The third kappa shape index (κ3) is 5.39. The lowest BCUT2D eigenvalue weighted by Gasteiger charge is -2.12. The lowest BCUT2D eigenvalue weighted by molar-refractivity contribution is -0.385. The summed E-state index contributed by atoms with van der Waals surface area (Å²) in [6.45, 7) is 3.74. The van der Waals surface area contributed by atoms with Gasteiger partial charge in [0, 0.05) is 5.69 Å².